The molecule has 1 saturated heterocycles. The number of aryl methyl sites for hydroxylation is 3. The van der Waals surface area contributed by atoms with Crippen molar-refractivity contribution < 1.29 is 0 Å². The minimum Gasteiger partial charge on any atom is -0.317 e. The van der Waals surface area contributed by atoms with E-state index >= 15 is 0 Å². The van der Waals surface area contributed by atoms with E-state index in [1.54, 1.807) is 9.25 Å². The van der Waals surface area contributed by atoms with Crippen molar-refractivity contribution in [3.8, 4) is 5.69 Å². The van der Waals surface area contributed by atoms with Crippen LogP contribution in [0.2, 0.25) is 0 Å². The van der Waals surface area contributed by atoms with Crippen LogP contribution in [0.25, 0.3) is 5.69 Å². The fraction of sp³-hybridized carbons (Fsp3) is 0.450. The van der Waals surface area contributed by atoms with Crippen LogP contribution in [-0.4, -0.2) is 37.2 Å². The van der Waals surface area contributed by atoms with E-state index in [1.807, 2.05) is 54.3 Å². The summed E-state index contributed by atoms with van der Waals surface area (Å²) in [6.07, 6.45) is 6.71. The number of nitrogens with zero attached hydrogens (tertiary/aromatic N) is 5. The Labute approximate surface area is 170 Å². The predicted molar refractivity (Wildman–Crippen MR) is 111 cm³/mol. The summed E-state index contributed by atoms with van der Waals surface area (Å²) < 4.78 is 5.34. The summed E-state index contributed by atoms with van der Waals surface area (Å²) in [7, 11) is 0. The smallest absolute Gasteiger partial charge is 0.317 e. The molecule has 0 saturated carbocycles. The van der Waals surface area contributed by atoms with Crippen molar-refractivity contribution in [2.45, 2.75) is 45.2 Å². The number of hydrogen-bond acceptors (Lipinski definition) is 4. The number of piperidine rings is 1. The van der Waals surface area contributed by atoms with Crippen LogP contribution in [0, 0.1) is 6.92 Å². The molecule has 2 aromatic heterocycles. The maximum absolute atomic E-state index is 13.1. The highest BCUT2D eigenvalue weighted by Crippen LogP contribution is 2.24. The maximum Gasteiger partial charge on any atom is 0.350 e. The van der Waals surface area contributed by atoms with Gasteiger partial charge in [0.2, 0.25) is 0 Å². The zero-order valence-corrected chi connectivity index (χ0v) is 16.9. The molecule has 28 heavy (non-hydrogen) atoms. The molecule has 1 aromatic carbocycles. The van der Waals surface area contributed by atoms with Crippen molar-refractivity contribution in [2.75, 3.05) is 13.1 Å². The Kier molecular flexibility index (Phi) is 6.70. The summed E-state index contributed by atoms with van der Waals surface area (Å²) in [6, 6.07) is 9.85. The van der Waals surface area contributed by atoms with Crippen molar-refractivity contribution in [3.63, 3.8) is 0 Å². The average Bonchev–Trinajstić information content (AvgIpc) is 3.26. The quantitative estimate of drug-likeness (QED) is 0.687. The van der Waals surface area contributed by atoms with Crippen LogP contribution >= 0.6 is 12.4 Å². The molecule has 0 atom stereocenters. The van der Waals surface area contributed by atoms with Gasteiger partial charge < -0.3 is 5.32 Å². The van der Waals surface area contributed by atoms with Crippen molar-refractivity contribution in [1.82, 2.24) is 29.4 Å². The van der Waals surface area contributed by atoms with Gasteiger partial charge in [0.25, 0.3) is 0 Å². The van der Waals surface area contributed by atoms with Gasteiger partial charge in [-0.25, -0.2) is 14.0 Å². The number of halogens is 1. The Morgan fingerprint density at radius 2 is 1.89 bits per heavy atom. The van der Waals surface area contributed by atoms with Crippen LogP contribution in [0.5, 0.6) is 0 Å². The third-order valence-electron chi connectivity index (χ3n) is 5.10. The lowest BCUT2D eigenvalue weighted by Crippen LogP contribution is -2.29. The number of nitrogens with one attached hydrogen (secondary N) is 1. The Balaban J connectivity index is 0.00000225. The molecule has 0 unspecified atom stereocenters. The molecule has 3 aromatic rings. The van der Waals surface area contributed by atoms with Crippen LogP contribution in [0.1, 0.15) is 36.6 Å². The average molecular weight is 403 g/mol. The Bertz CT molecular complexity index is 939. The number of aromatic nitrogens is 5. The molecule has 1 aliphatic rings. The lowest BCUT2D eigenvalue weighted by molar-refractivity contribution is 0.434. The molecule has 1 N–H and O–H groups in total. The molecule has 0 radical (unpaired) electrons. The van der Waals surface area contributed by atoms with Crippen molar-refractivity contribution in [3.05, 3.63) is 64.6 Å². The van der Waals surface area contributed by atoms with Crippen LogP contribution < -0.4 is 11.0 Å². The number of benzene rings is 1. The molecule has 3 heterocycles. The van der Waals surface area contributed by atoms with E-state index in [0.717, 1.165) is 56.0 Å². The molecule has 0 aliphatic carbocycles. The molecular formula is C20H27ClN6O. The third kappa shape index (κ3) is 4.36. The monoisotopic (exact) mass is 402 g/mol. The van der Waals surface area contributed by atoms with Crippen LogP contribution in [0.4, 0.5) is 0 Å². The number of rotatable bonds is 6. The lowest BCUT2D eigenvalue weighted by Gasteiger charge is -2.22. The third-order valence-corrected chi connectivity index (χ3v) is 5.10. The molecule has 8 heteroatoms. The van der Waals surface area contributed by atoms with Gasteiger partial charge in [0.15, 0.2) is 0 Å². The summed E-state index contributed by atoms with van der Waals surface area (Å²) >= 11 is 0. The molecular weight excluding hydrogens is 376 g/mol. The van der Waals surface area contributed by atoms with Gasteiger partial charge in [-0.15, -0.1) is 12.4 Å². The van der Waals surface area contributed by atoms with Crippen LogP contribution in [0.3, 0.4) is 0 Å². The number of para-hydroxylation sites is 1. The Morgan fingerprint density at radius 3 is 2.57 bits per heavy atom. The zero-order valence-electron chi connectivity index (χ0n) is 16.1. The highest BCUT2D eigenvalue weighted by molar-refractivity contribution is 5.85. The van der Waals surface area contributed by atoms with Gasteiger partial charge in [-0.05, 0) is 57.0 Å². The number of hydrogen-bond donors (Lipinski definition) is 1. The summed E-state index contributed by atoms with van der Waals surface area (Å²) in [5.41, 5.74) is 1.99. The predicted octanol–water partition coefficient (Wildman–Crippen LogP) is 2.52. The molecule has 0 bridgehead atoms. The van der Waals surface area contributed by atoms with Gasteiger partial charge in [0.05, 0.1) is 11.9 Å². The summed E-state index contributed by atoms with van der Waals surface area (Å²) in [5.74, 6) is 1.21. The minimum atomic E-state index is -0.0496. The van der Waals surface area contributed by atoms with Crippen LogP contribution in [0.15, 0.2) is 47.5 Å². The maximum atomic E-state index is 13.1. The Morgan fingerprint density at radius 1 is 1.14 bits per heavy atom. The van der Waals surface area contributed by atoms with Crippen molar-refractivity contribution in [1.29, 1.82) is 0 Å². The fourth-order valence-corrected chi connectivity index (χ4v) is 3.71. The molecule has 1 fully saturated rings. The highest BCUT2D eigenvalue weighted by Gasteiger charge is 2.24. The largest absolute Gasteiger partial charge is 0.350 e. The summed E-state index contributed by atoms with van der Waals surface area (Å²) in [5, 5.41) is 12.5. The first-order valence-electron chi connectivity index (χ1n) is 9.67. The second-order valence-electron chi connectivity index (χ2n) is 7.19. The molecule has 7 nitrogen and oxygen atoms in total. The van der Waals surface area contributed by atoms with Gasteiger partial charge in [-0.3, -0.25) is 4.68 Å². The second kappa shape index (κ2) is 9.21. The first-order valence-corrected chi connectivity index (χ1v) is 9.67. The van der Waals surface area contributed by atoms with Gasteiger partial charge in [-0.1, -0.05) is 18.2 Å². The highest BCUT2D eigenvalue weighted by atomic mass is 35.5. The normalized spacial score (nSPS) is 14.8. The van der Waals surface area contributed by atoms with E-state index in [9.17, 15) is 4.79 Å². The van der Waals surface area contributed by atoms with E-state index in [4.69, 9.17) is 5.10 Å². The molecule has 150 valence electrons. The standard InChI is InChI=1S/C20H26N6O.ClH/c1-16-14-22-24(15-16)12-5-13-25-20(27)26(18-6-3-2-4-7-18)19(23-25)17-8-10-21-11-9-17;/h2-4,6-7,14-15,17,21H,5,8-13H2,1H3;1H. The van der Waals surface area contributed by atoms with Crippen molar-refractivity contribution >= 4 is 12.4 Å². The van der Waals surface area contributed by atoms with E-state index in [0.29, 0.717) is 12.5 Å². The van der Waals surface area contributed by atoms with Gasteiger partial charge in [-0.2, -0.15) is 10.2 Å². The van der Waals surface area contributed by atoms with Crippen LogP contribution in [-0.2, 0) is 13.1 Å². The Hall–Kier alpha value is -2.38. The molecule has 0 spiro atoms. The van der Waals surface area contributed by atoms with E-state index in [1.165, 1.54) is 0 Å². The molecule has 0 amide bonds. The SMILES string of the molecule is Cc1cnn(CCCn2nc(C3CCNCC3)n(-c3ccccc3)c2=O)c1.Cl. The molecule has 1 aliphatic heterocycles. The molecule has 4 rings (SSSR count). The van der Waals surface area contributed by atoms with Gasteiger partial charge >= 0.3 is 5.69 Å². The first kappa shape index (κ1) is 20.4. The van der Waals surface area contributed by atoms with Gasteiger partial charge in [0, 0.05) is 25.2 Å². The minimum absolute atomic E-state index is 0. The fourth-order valence-electron chi connectivity index (χ4n) is 3.71. The summed E-state index contributed by atoms with van der Waals surface area (Å²) in [6.45, 7) is 5.34. The lowest BCUT2D eigenvalue weighted by atomic mass is 9.97. The van der Waals surface area contributed by atoms with E-state index in [2.05, 4.69) is 10.4 Å². The summed E-state index contributed by atoms with van der Waals surface area (Å²) in [4.78, 5) is 13.1. The first-order chi connectivity index (χ1) is 13.2. The van der Waals surface area contributed by atoms with Gasteiger partial charge in [0.1, 0.15) is 5.82 Å². The van der Waals surface area contributed by atoms with E-state index < -0.39 is 0 Å². The second-order valence-corrected chi connectivity index (χ2v) is 7.19. The van der Waals surface area contributed by atoms with Crippen molar-refractivity contribution in [2.24, 2.45) is 0 Å². The topological polar surface area (TPSA) is 69.7 Å². The van der Waals surface area contributed by atoms with E-state index in [-0.39, 0.29) is 18.1 Å². The zero-order chi connectivity index (χ0) is 18.6.